The van der Waals surface area contributed by atoms with Crippen molar-refractivity contribution < 1.29 is 22.9 Å². The second-order valence-corrected chi connectivity index (χ2v) is 14.7. The average molecular weight is 669 g/mol. The largest absolute Gasteiger partial charge is 0.500 e. The van der Waals surface area contributed by atoms with E-state index < -0.39 is 8.80 Å². The lowest BCUT2D eigenvalue weighted by Gasteiger charge is -2.29. The summed E-state index contributed by atoms with van der Waals surface area (Å²) in [4.78, 5) is 24.2. The molecule has 0 spiro atoms. The fourth-order valence-corrected chi connectivity index (χ4v) is 8.07. The lowest BCUT2D eigenvalue weighted by Crippen LogP contribution is -2.46. The van der Waals surface area contributed by atoms with Crippen molar-refractivity contribution in [2.24, 2.45) is 5.92 Å². The number of allylic oxidation sites excluding steroid dienone is 2. The molecule has 4 N–H and O–H groups in total. The van der Waals surface area contributed by atoms with Crippen molar-refractivity contribution in [2.75, 3.05) is 46.0 Å². The predicted molar refractivity (Wildman–Crippen MR) is 195 cm³/mol. The molecule has 0 bridgehead atoms. The Morgan fingerprint density at radius 2 is 1.02 bits per heavy atom. The summed E-state index contributed by atoms with van der Waals surface area (Å²) in [6, 6.07) is 0.574. The topological polar surface area (TPSA) is 110 Å². The quantitative estimate of drug-likeness (QED) is 0.0326. The Hall–Kier alpha value is -1.88. The van der Waals surface area contributed by atoms with Crippen LogP contribution in [0.4, 0.5) is 9.59 Å². The summed E-state index contributed by atoms with van der Waals surface area (Å²) in [7, 11) is -2.71. The number of carbonyl (C=O) groups is 2. The zero-order valence-electron chi connectivity index (χ0n) is 30.4. The van der Waals surface area contributed by atoms with Gasteiger partial charge in [0.05, 0.1) is 0 Å². The molecule has 0 aromatic carbocycles. The molecule has 4 amide bonds. The van der Waals surface area contributed by atoms with Crippen molar-refractivity contribution in [1.82, 2.24) is 21.3 Å². The summed E-state index contributed by atoms with van der Waals surface area (Å²) in [5.41, 5.74) is 0. The molecule has 9 nitrogen and oxygen atoms in total. The van der Waals surface area contributed by atoms with Crippen LogP contribution in [0.2, 0.25) is 6.04 Å². The third-order valence-corrected chi connectivity index (χ3v) is 11.0. The van der Waals surface area contributed by atoms with E-state index in [9.17, 15) is 9.59 Å². The number of unbranched alkanes of at least 4 members (excludes halogenated alkanes) is 10. The molecule has 0 rings (SSSR count). The van der Waals surface area contributed by atoms with Crippen LogP contribution in [0.15, 0.2) is 24.3 Å². The highest BCUT2D eigenvalue weighted by molar-refractivity contribution is 6.60. The zero-order chi connectivity index (χ0) is 34.0. The van der Waals surface area contributed by atoms with E-state index >= 15 is 0 Å². The zero-order valence-corrected chi connectivity index (χ0v) is 31.4. The van der Waals surface area contributed by atoms with E-state index in [2.05, 4.69) is 47.3 Å². The van der Waals surface area contributed by atoms with Gasteiger partial charge in [-0.15, -0.1) is 0 Å². The summed E-state index contributed by atoms with van der Waals surface area (Å²) in [6.45, 7) is 14.6. The number of hydrogen-bond acceptors (Lipinski definition) is 5. The van der Waals surface area contributed by atoms with Gasteiger partial charge in [0.2, 0.25) is 0 Å². The molecule has 1 atom stereocenters. The fraction of sp³-hybridized carbons (Fsp3) is 0.833. The van der Waals surface area contributed by atoms with Crippen molar-refractivity contribution in [3.8, 4) is 0 Å². The first kappa shape index (κ1) is 44.1. The van der Waals surface area contributed by atoms with Crippen LogP contribution < -0.4 is 21.3 Å². The molecule has 46 heavy (non-hydrogen) atoms. The van der Waals surface area contributed by atoms with Crippen LogP contribution in [-0.2, 0) is 13.3 Å². The number of urea groups is 2. The van der Waals surface area contributed by atoms with Crippen LogP contribution in [0.5, 0.6) is 0 Å². The molecule has 270 valence electrons. The summed E-state index contributed by atoms with van der Waals surface area (Å²) >= 11 is 0. The first-order valence-corrected chi connectivity index (χ1v) is 20.6. The van der Waals surface area contributed by atoms with E-state index in [0.717, 1.165) is 57.7 Å². The Bertz CT molecular complexity index is 752. The third-order valence-electron chi connectivity index (χ3n) is 7.89. The Morgan fingerprint density at radius 3 is 1.50 bits per heavy atom. The SMILES string of the molecule is CCCCCCCCNC(=O)NC/C=C/CCC(C/C=C/CNC(=O)NCCCCCCCC)CC[Si](OCC)(OCC)OCC. The van der Waals surface area contributed by atoms with Crippen molar-refractivity contribution in [2.45, 2.75) is 143 Å². The lowest BCUT2D eigenvalue weighted by atomic mass is 9.96. The van der Waals surface area contributed by atoms with Gasteiger partial charge in [-0.05, 0) is 65.2 Å². The Balaban J connectivity index is 4.66. The standard InChI is InChI=1S/C36H72N4O5Si/c1-6-11-13-15-17-22-29-37-35(41)39-31-24-19-20-26-34(28-33-46(43-8-3,44-9-4)45-10-5)27-21-25-32-40-36(42)38-30-23-18-16-14-12-7-2/h19,21,24-25,34H,6-18,20,22-23,26-33H2,1-5H3,(H2,37,39,41)(H2,38,40,42)/b24-19+,25-21+. The van der Waals surface area contributed by atoms with Crippen molar-refractivity contribution in [3.05, 3.63) is 24.3 Å². The molecule has 0 saturated carbocycles. The maximum atomic E-state index is 12.1. The van der Waals surface area contributed by atoms with E-state index in [1.54, 1.807) is 0 Å². The molecule has 10 heteroatoms. The highest BCUT2D eigenvalue weighted by Gasteiger charge is 2.40. The minimum Gasteiger partial charge on any atom is -0.374 e. The van der Waals surface area contributed by atoms with E-state index in [0.29, 0.717) is 38.8 Å². The summed E-state index contributed by atoms with van der Waals surface area (Å²) in [5, 5.41) is 11.8. The Labute approximate surface area is 284 Å². The monoisotopic (exact) mass is 669 g/mol. The van der Waals surface area contributed by atoms with Crippen LogP contribution in [0.25, 0.3) is 0 Å². The van der Waals surface area contributed by atoms with Crippen LogP contribution in [0, 0.1) is 5.92 Å². The van der Waals surface area contributed by atoms with E-state index in [1.165, 1.54) is 64.2 Å². The predicted octanol–water partition coefficient (Wildman–Crippen LogP) is 8.64. The second kappa shape index (κ2) is 33.0. The summed E-state index contributed by atoms with van der Waals surface area (Å²) < 4.78 is 18.3. The van der Waals surface area contributed by atoms with Gasteiger partial charge >= 0.3 is 20.9 Å². The first-order valence-electron chi connectivity index (χ1n) is 18.7. The third kappa shape index (κ3) is 27.3. The minimum absolute atomic E-state index is 0.102. The van der Waals surface area contributed by atoms with Gasteiger partial charge in [-0.25, -0.2) is 9.59 Å². The maximum Gasteiger partial charge on any atom is 0.500 e. The summed E-state index contributed by atoms with van der Waals surface area (Å²) in [6.07, 6.45) is 26.7. The van der Waals surface area contributed by atoms with Gasteiger partial charge < -0.3 is 34.5 Å². The second-order valence-electron chi connectivity index (χ2n) is 12.0. The van der Waals surface area contributed by atoms with Gasteiger partial charge in [-0.3, -0.25) is 0 Å². The van der Waals surface area contributed by atoms with Crippen LogP contribution in [0.3, 0.4) is 0 Å². The fourth-order valence-electron chi connectivity index (χ4n) is 5.31. The molecule has 0 radical (unpaired) electrons. The van der Waals surface area contributed by atoms with Gasteiger partial charge in [0, 0.05) is 52.0 Å². The number of amides is 4. The molecule has 0 aromatic heterocycles. The molecule has 1 unspecified atom stereocenters. The normalized spacial score (nSPS) is 12.5. The summed E-state index contributed by atoms with van der Waals surface area (Å²) in [5.74, 6) is 0.421. The molecule has 0 aliphatic heterocycles. The smallest absolute Gasteiger partial charge is 0.374 e. The lowest BCUT2D eigenvalue weighted by molar-refractivity contribution is 0.0694. The van der Waals surface area contributed by atoms with E-state index in [4.69, 9.17) is 13.3 Å². The van der Waals surface area contributed by atoms with Crippen LogP contribution >= 0.6 is 0 Å². The van der Waals surface area contributed by atoms with Gasteiger partial charge in [0.15, 0.2) is 0 Å². The Kier molecular flexibility index (Phi) is 31.7. The molecule has 0 aliphatic carbocycles. The van der Waals surface area contributed by atoms with Crippen LogP contribution in [0.1, 0.15) is 137 Å². The molecule has 0 saturated heterocycles. The highest BCUT2D eigenvalue weighted by Crippen LogP contribution is 2.26. The number of rotatable bonds is 32. The van der Waals surface area contributed by atoms with Gasteiger partial charge in [-0.1, -0.05) is 102 Å². The molecule has 0 aliphatic rings. The molecular weight excluding hydrogens is 597 g/mol. The highest BCUT2D eigenvalue weighted by atomic mass is 28.4. The van der Waals surface area contributed by atoms with Crippen LogP contribution in [-0.4, -0.2) is 66.9 Å². The first-order chi connectivity index (χ1) is 22.5. The van der Waals surface area contributed by atoms with Crippen molar-refractivity contribution >= 4 is 20.9 Å². The average Bonchev–Trinajstić information content (AvgIpc) is 3.04. The molecule has 0 aromatic rings. The molecule has 0 heterocycles. The van der Waals surface area contributed by atoms with Gasteiger partial charge in [0.1, 0.15) is 0 Å². The number of nitrogens with one attached hydrogen (secondary N) is 4. The minimum atomic E-state index is -2.71. The van der Waals surface area contributed by atoms with Crippen molar-refractivity contribution in [3.63, 3.8) is 0 Å². The molecule has 0 fully saturated rings. The number of carbonyl (C=O) groups excluding carboxylic acids is 2. The number of hydrogen-bond donors (Lipinski definition) is 4. The Morgan fingerprint density at radius 1 is 0.565 bits per heavy atom. The van der Waals surface area contributed by atoms with E-state index in [1.807, 2.05) is 32.9 Å². The maximum absolute atomic E-state index is 12.1. The van der Waals surface area contributed by atoms with E-state index in [-0.39, 0.29) is 12.1 Å². The van der Waals surface area contributed by atoms with Gasteiger partial charge in [0.25, 0.3) is 0 Å². The van der Waals surface area contributed by atoms with Gasteiger partial charge in [-0.2, -0.15) is 0 Å². The van der Waals surface area contributed by atoms with Crippen molar-refractivity contribution in [1.29, 1.82) is 0 Å². The molecular formula is C36H72N4O5Si.